The first-order valence-corrected chi connectivity index (χ1v) is 13.1. The van der Waals surface area contributed by atoms with E-state index >= 15 is 0 Å². The first-order chi connectivity index (χ1) is 13.8. The van der Waals surface area contributed by atoms with E-state index in [1.807, 2.05) is 41.5 Å². The van der Waals surface area contributed by atoms with Crippen LogP contribution in [0.2, 0.25) is 0 Å². The van der Waals surface area contributed by atoms with Crippen molar-refractivity contribution in [2.75, 3.05) is 0 Å². The molecule has 2 aliphatic carbocycles. The Morgan fingerprint density at radius 3 is 2.14 bits per heavy atom. The quantitative estimate of drug-likeness (QED) is 0.414. The van der Waals surface area contributed by atoms with Crippen molar-refractivity contribution in [1.29, 1.82) is 0 Å². The zero-order valence-corrected chi connectivity index (χ0v) is 22.3. The molecule has 1 heteroatoms. The lowest BCUT2D eigenvalue weighted by molar-refractivity contribution is -0.0489. The highest BCUT2D eigenvalue weighted by molar-refractivity contribution is 5.06. The lowest BCUT2D eigenvalue weighted by atomic mass is 9.56. The summed E-state index contributed by atoms with van der Waals surface area (Å²) in [5.74, 6) is 2.14. The Balaban J connectivity index is 0. The van der Waals surface area contributed by atoms with Crippen LogP contribution in [0.25, 0.3) is 0 Å². The minimum Gasteiger partial charge on any atom is -0.393 e. The molecule has 0 amide bonds. The average Bonchev–Trinajstić information content (AvgIpc) is 3.10. The standard InChI is InChI=1S/C22H40O.3C2H6/c1-6-7-14-21(4,15-8-10-17(2)3)20-13-12-18-19(23)11-9-16-22(18,20)5;3*1-2/h6-7,17-20,23H,8-16H2,1-5H3;3*1-2H3/b7-6-;;;/t18?,19-,20+,21+,22-;;;/m0.../s1. The molecule has 0 spiro atoms. The van der Waals surface area contributed by atoms with E-state index in [0.717, 1.165) is 18.3 Å². The van der Waals surface area contributed by atoms with Crippen LogP contribution < -0.4 is 0 Å². The predicted octanol–water partition coefficient (Wildman–Crippen LogP) is 9.44. The van der Waals surface area contributed by atoms with Crippen LogP contribution in [0.4, 0.5) is 0 Å². The van der Waals surface area contributed by atoms with Crippen molar-refractivity contribution in [3.63, 3.8) is 0 Å². The number of hydrogen-bond donors (Lipinski definition) is 1. The molecule has 0 saturated heterocycles. The molecule has 29 heavy (non-hydrogen) atoms. The average molecular weight is 411 g/mol. The van der Waals surface area contributed by atoms with Gasteiger partial charge in [-0.25, -0.2) is 0 Å². The van der Waals surface area contributed by atoms with Gasteiger partial charge in [0.1, 0.15) is 0 Å². The zero-order valence-electron chi connectivity index (χ0n) is 22.3. The number of rotatable bonds is 7. The molecule has 0 radical (unpaired) electrons. The molecular weight excluding hydrogens is 352 g/mol. The number of aliphatic hydroxyl groups is 1. The van der Waals surface area contributed by atoms with Crippen molar-refractivity contribution < 1.29 is 5.11 Å². The largest absolute Gasteiger partial charge is 0.393 e. The fourth-order valence-electron chi connectivity index (χ4n) is 6.01. The van der Waals surface area contributed by atoms with Gasteiger partial charge in [-0.15, -0.1) is 0 Å². The highest BCUT2D eigenvalue weighted by Gasteiger charge is 2.55. The summed E-state index contributed by atoms with van der Waals surface area (Å²) in [6.07, 6.45) is 16.0. The van der Waals surface area contributed by atoms with Gasteiger partial charge in [0.25, 0.3) is 0 Å². The second-order valence-electron chi connectivity index (χ2n) is 9.42. The summed E-state index contributed by atoms with van der Waals surface area (Å²) in [5, 5.41) is 10.5. The van der Waals surface area contributed by atoms with Gasteiger partial charge in [-0.3, -0.25) is 0 Å². The molecule has 2 saturated carbocycles. The van der Waals surface area contributed by atoms with Crippen LogP contribution in [-0.2, 0) is 0 Å². The van der Waals surface area contributed by atoms with Gasteiger partial charge < -0.3 is 5.11 Å². The van der Waals surface area contributed by atoms with Gasteiger partial charge in [-0.2, -0.15) is 0 Å². The van der Waals surface area contributed by atoms with Crippen molar-refractivity contribution in [2.45, 2.75) is 140 Å². The first kappa shape index (κ1) is 30.9. The van der Waals surface area contributed by atoms with Crippen LogP contribution in [0.1, 0.15) is 134 Å². The van der Waals surface area contributed by atoms with Gasteiger partial charge >= 0.3 is 0 Å². The number of aliphatic hydroxyl groups excluding tert-OH is 1. The third-order valence-electron chi connectivity index (χ3n) is 7.28. The summed E-state index contributed by atoms with van der Waals surface area (Å²) < 4.78 is 0. The maximum atomic E-state index is 10.5. The van der Waals surface area contributed by atoms with Crippen LogP contribution >= 0.6 is 0 Å². The molecule has 0 aliphatic heterocycles. The lowest BCUT2D eigenvalue weighted by Gasteiger charge is -2.50. The first-order valence-electron chi connectivity index (χ1n) is 13.1. The molecule has 5 atom stereocenters. The van der Waals surface area contributed by atoms with E-state index in [-0.39, 0.29) is 6.10 Å². The van der Waals surface area contributed by atoms with Gasteiger partial charge in [-0.1, -0.05) is 101 Å². The second-order valence-corrected chi connectivity index (χ2v) is 9.42. The van der Waals surface area contributed by atoms with E-state index in [2.05, 4.69) is 46.8 Å². The minimum absolute atomic E-state index is 0.0413. The molecule has 0 aromatic carbocycles. The van der Waals surface area contributed by atoms with Crippen molar-refractivity contribution in [3.8, 4) is 0 Å². The van der Waals surface area contributed by atoms with Crippen molar-refractivity contribution >= 4 is 0 Å². The normalized spacial score (nSPS) is 30.2. The Labute approximate surface area is 186 Å². The van der Waals surface area contributed by atoms with Gasteiger partial charge in [0.2, 0.25) is 0 Å². The van der Waals surface area contributed by atoms with Crippen LogP contribution in [0.5, 0.6) is 0 Å². The summed E-state index contributed by atoms with van der Waals surface area (Å²) in [4.78, 5) is 0. The molecule has 0 bridgehead atoms. The third kappa shape index (κ3) is 8.76. The summed E-state index contributed by atoms with van der Waals surface area (Å²) >= 11 is 0. The van der Waals surface area contributed by atoms with Gasteiger partial charge in [-0.05, 0) is 74.0 Å². The molecule has 176 valence electrons. The highest BCUT2D eigenvalue weighted by atomic mass is 16.3. The van der Waals surface area contributed by atoms with Crippen LogP contribution in [0.3, 0.4) is 0 Å². The SMILES string of the molecule is C/C=C\C[C@](C)(CCCC(C)C)[C@H]1CCC2[C@@H](O)CCC[C@@]21C.CC.CC.CC. The van der Waals surface area contributed by atoms with E-state index in [9.17, 15) is 5.11 Å². The molecule has 0 aromatic rings. The zero-order chi connectivity index (χ0) is 23.1. The number of allylic oxidation sites excluding steroid dienone is 2. The Morgan fingerprint density at radius 1 is 1.03 bits per heavy atom. The van der Waals surface area contributed by atoms with E-state index < -0.39 is 0 Å². The Hall–Kier alpha value is -0.300. The van der Waals surface area contributed by atoms with Crippen LogP contribution in [-0.4, -0.2) is 11.2 Å². The third-order valence-corrected chi connectivity index (χ3v) is 7.28. The molecule has 1 nitrogen and oxygen atoms in total. The van der Waals surface area contributed by atoms with Crippen molar-refractivity contribution in [2.24, 2.45) is 28.6 Å². The summed E-state index contributed by atoms with van der Waals surface area (Å²) in [6, 6.07) is 0. The molecule has 2 aliphatic rings. The molecule has 2 rings (SSSR count). The van der Waals surface area contributed by atoms with E-state index in [4.69, 9.17) is 0 Å². The number of fused-ring (bicyclic) bond motifs is 1. The summed E-state index contributed by atoms with van der Waals surface area (Å²) in [6.45, 7) is 23.9. The van der Waals surface area contributed by atoms with Crippen molar-refractivity contribution in [1.82, 2.24) is 0 Å². The van der Waals surface area contributed by atoms with Crippen molar-refractivity contribution in [3.05, 3.63) is 12.2 Å². The van der Waals surface area contributed by atoms with Gasteiger partial charge in [0, 0.05) is 0 Å². The van der Waals surface area contributed by atoms with E-state index in [1.54, 1.807) is 0 Å². The molecule has 2 fully saturated rings. The summed E-state index contributed by atoms with van der Waals surface area (Å²) in [5.41, 5.74) is 0.772. The fourth-order valence-corrected chi connectivity index (χ4v) is 6.01. The van der Waals surface area contributed by atoms with E-state index in [0.29, 0.717) is 16.7 Å². The molecule has 1 unspecified atom stereocenters. The van der Waals surface area contributed by atoms with E-state index in [1.165, 1.54) is 51.4 Å². The van der Waals surface area contributed by atoms with Crippen LogP contribution in [0.15, 0.2) is 12.2 Å². The Morgan fingerprint density at radius 2 is 1.62 bits per heavy atom. The van der Waals surface area contributed by atoms with Gasteiger partial charge in [0.15, 0.2) is 0 Å². The molecule has 0 heterocycles. The minimum atomic E-state index is -0.0413. The predicted molar refractivity (Wildman–Crippen MR) is 134 cm³/mol. The second kappa shape index (κ2) is 16.4. The smallest absolute Gasteiger partial charge is 0.0573 e. The molecule has 0 aromatic heterocycles. The molecular formula is C28H58O. The number of hydrogen-bond acceptors (Lipinski definition) is 1. The van der Waals surface area contributed by atoms with Gasteiger partial charge in [0.05, 0.1) is 6.10 Å². The molecule has 1 N–H and O–H groups in total. The maximum Gasteiger partial charge on any atom is 0.0573 e. The summed E-state index contributed by atoms with van der Waals surface area (Å²) in [7, 11) is 0. The Kier molecular flexibility index (Phi) is 17.5. The lowest BCUT2D eigenvalue weighted by Crippen LogP contribution is -2.44. The maximum absolute atomic E-state index is 10.5. The van der Waals surface area contributed by atoms with Crippen LogP contribution in [0, 0.1) is 28.6 Å². The Bertz CT molecular complexity index is 399. The fraction of sp³-hybridized carbons (Fsp3) is 0.929. The monoisotopic (exact) mass is 410 g/mol. The highest BCUT2D eigenvalue weighted by Crippen LogP contribution is 2.62. The topological polar surface area (TPSA) is 20.2 Å².